The Labute approximate surface area is 137 Å². The van der Waals surface area contributed by atoms with Gasteiger partial charge in [-0.05, 0) is 46.9 Å². The summed E-state index contributed by atoms with van der Waals surface area (Å²) in [4.78, 5) is 0. The highest BCUT2D eigenvalue weighted by molar-refractivity contribution is 9.10. The molecule has 0 aliphatic carbocycles. The van der Waals surface area contributed by atoms with E-state index < -0.39 is 0 Å². The van der Waals surface area contributed by atoms with Gasteiger partial charge < -0.3 is 0 Å². The number of hydrogen-bond acceptors (Lipinski definition) is 3. The largest absolute Gasteiger partial charge is 0.271 e. The molecule has 0 aliphatic heterocycles. The van der Waals surface area contributed by atoms with E-state index in [-0.39, 0.29) is 6.04 Å². The van der Waals surface area contributed by atoms with Gasteiger partial charge in [-0.15, -0.1) is 11.3 Å². The number of hydrogen-bond donors (Lipinski definition) is 2. The van der Waals surface area contributed by atoms with Crippen LogP contribution in [0.25, 0.3) is 10.1 Å². The quantitative estimate of drug-likeness (QED) is 0.526. The first-order valence-corrected chi connectivity index (χ1v) is 8.60. The molecular weight excluding hydrogens is 344 g/mol. The van der Waals surface area contributed by atoms with Crippen molar-refractivity contribution in [2.45, 2.75) is 18.9 Å². The molecule has 1 heterocycles. The molecule has 4 heteroatoms. The van der Waals surface area contributed by atoms with Crippen molar-refractivity contribution in [2.24, 2.45) is 5.84 Å². The standard InChI is InChI=1S/C17H17BrN2S/c18-16-7-3-1-5-12(16)9-14(20-19)10-13-11-21-17-8-4-2-6-15(13)17/h1-8,11,14,20H,9-10,19H2. The first-order chi connectivity index (χ1) is 10.3. The number of halogens is 1. The molecule has 1 unspecified atom stereocenters. The fourth-order valence-electron chi connectivity index (χ4n) is 2.58. The van der Waals surface area contributed by atoms with E-state index >= 15 is 0 Å². The molecule has 108 valence electrons. The Morgan fingerprint density at radius 1 is 1.00 bits per heavy atom. The summed E-state index contributed by atoms with van der Waals surface area (Å²) < 4.78 is 2.48. The molecule has 0 saturated heterocycles. The zero-order valence-electron chi connectivity index (χ0n) is 11.6. The average Bonchev–Trinajstić information content (AvgIpc) is 2.92. The lowest BCUT2D eigenvalue weighted by Gasteiger charge is -2.16. The first kappa shape index (κ1) is 14.7. The van der Waals surface area contributed by atoms with E-state index in [4.69, 9.17) is 5.84 Å². The van der Waals surface area contributed by atoms with Crippen molar-refractivity contribution in [3.05, 3.63) is 69.5 Å². The van der Waals surface area contributed by atoms with E-state index in [0.717, 1.165) is 17.3 Å². The highest BCUT2D eigenvalue weighted by Crippen LogP contribution is 2.27. The van der Waals surface area contributed by atoms with Crippen LogP contribution in [0.2, 0.25) is 0 Å². The van der Waals surface area contributed by atoms with Gasteiger partial charge in [0.15, 0.2) is 0 Å². The molecule has 1 aromatic heterocycles. The average molecular weight is 361 g/mol. The van der Waals surface area contributed by atoms with Crippen LogP contribution in [-0.4, -0.2) is 6.04 Å². The number of hydrazine groups is 1. The van der Waals surface area contributed by atoms with Crippen molar-refractivity contribution >= 4 is 37.4 Å². The summed E-state index contributed by atoms with van der Waals surface area (Å²) in [6, 6.07) is 17.1. The van der Waals surface area contributed by atoms with Gasteiger partial charge in [-0.2, -0.15) is 0 Å². The molecular formula is C17H17BrN2S. The summed E-state index contributed by atoms with van der Waals surface area (Å²) in [5.41, 5.74) is 5.61. The molecule has 1 atom stereocenters. The molecule has 0 amide bonds. The highest BCUT2D eigenvalue weighted by Gasteiger charge is 2.13. The molecule has 0 radical (unpaired) electrons. The van der Waals surface area contributed by atoms with Crippen LogP contribution in [0, 0.1) is 0 Å². The van der Waals surface area contributed by atoms with Crippen LogP contribution in [0.4, 0.5) is 0 Å². The van der Waals surface area contributed by atoms with Crippen LogP contribution in [-0.2, 0) is 12.8 Å². The van der Waals surface area contributed by atoms with E-state index in [1.165, 1.54) is 21.2 Å². The number of nitrogens with two attached hydrogens (primary N) is 1. The monoisotopic (exact) mass is 360 g/mol. The molecule has 3 aromatic rings. The second kappa shape index (κ2) is 6.71. The van der Waals surface area contributed by atoms with Gasteiger partial charge in [-0.25, -0.2) is 0 Å². The lowest BCUT2D eigenvalue weighted by Crippen LogP contribution is -2.38. The van der Waals surface area contributed by atoms with Gasteiger partial charge >= 0.3 is 0 Å². The topological polar surface area (TPSA) is 38.0 Å². The molecule has 2 nitrogen and oxygen atoms in total. The van der Waals surface area contributed by atoms with Crippen LogP contribution in [0.3, 0.4) is 0 Å². The minimum absolute atomic E-state index is 0.224. The second-order valence-corrected chi connectivity index (χ2v) is 6.89. The van der Waals surface area contributed by atoms with Crippen LogP contribution < -0.4 is 11.3 Å². The Morgan fingerprint density at radius 3 is 2.52 bits per heavy atom. The fourth-order valence-corrected chi connectivity index (χ4v) is 4.00. The zero-order valence-corrected chi connectivity index (χ0v) is 14.0. The van der Waals surface area contributed by atoms with Crippen LogP contribution in [0.5, 0.6) is 0 Å². The van der Waals surface area contributed by atoms with Crippen LogP contribution >= 0.6 is 27.3 Å². The fraction of sp³-hybridized carbons (Fsp3) is 0.176. The summed E-state index contributed by atoms with van der Waals surface area (Å²) in [6.07, 6.45) is 1.84. The van der Waals surface area contributed by atoms with Gasteiger partial charge in [-0.3, -0.25) is 11.3 Å². The molecule has 0 spiro atoms. The second-order valence-electron chi connectivity index (χ2n) is 5.12. The number of fused-ring (bicyclic) bond motifs is 1. The number of nitrogens with one attached hydrogen (secondary N) is 1. The van der Waals surface area contributed by atoms with Crippen molar-refractivity contribution in [3.63, 3.8) is 0 Å². The zero-order chi connectivity index (χ0) is 14.7. The lowest BCUT2D eigenvalue weighted by atomic mass is 9.99. The van der Waals surface area contributed by atoms with Gasteiger partial charge in [0.1, 0.15) is 0 Å². The summed E-state index contributed by atoms with van der Waals surface area (Å²) in [6.45, 7) is 0. The normalized spacial score (nSPS) is 12.7. The van der Waals surface area contributed by atoms with Crippen LogP contribution in [0.15, 0.2) is 58.4 Å². The Morgan fingerprint density at radius 2 is 1.71 bits per heavy atom. The predicted octanol–water partition coefficient (Wildman–Crippen LogP) is 4.28. The maximum Gasteiger partial charge on any atom is 0.0345 e. The minimum atomic E-state index is 0.224. The van der Waals surface area contributed by atoms with Crippen molar-refractivity contribution in [1.82, 2.24) is 5.43 Å². The van der Waals surface area contributed by atoms with Crippen molar-refractivity contribution in [2.75, 3.05) is 0 Å². The molecule has 3 N–H and O–H groups in total. The first-order valence-electron chi connectivity index (χ1n) is 6.92. The molecule has 0 saturated carbocycles. The summed E-state index contributed by atoms with van der Waals surface area (Å²) in [5, 5.41) is 3.59. The Bertz CT molecular complexity index is 738. The molecule has 0 aliphatic rings. The van der Waals surface area contributed by atoms with Gasteiger partial charge in [0.2, 0.25) is 0 Å². The molecule has 0 fully saturated rings. The van der Waals surface area contributed by atoms with Crippen molar-refractivity contribution < 1.29 is 0 Å². The van der Waals surface area contributed by atoms with E-state index in [9.17, 15) is 0 Å². The summed E-state index contributed by atoms with van der Waals surface area (Å²) in [7, 11) is 0. The van der Waals surface area contributed by atoms with E-state index in [1.54, 1.807) is 11.3 Å². The van der Waals surface area contributed by atoms with Crippen LogP contribution in [0.1, 0.15) is 11.1 Å². The molecule has 3 rings (SSSR count). The van der Waals surface area contributed by atoms with E-state index in [1.807, 2.05) is 6.07 Å². The number of thiophene rings is 1. The number of benzene rings is 2. The highest BCUT2D eigenvalue weighted by atomic mass is 79.9. The van der Waals surface area contributed by atoms with Gasteiger partial charge in [0.25, 0.3) is 0 Å². The third kappa shape index (κ3) is 3.35. The van der Waals surface area contributed by atoms with Gasteiger partial charge in [-0.1, -0.05) is 52.3 Å². The minimum Gasteiger partial charge on any atom is -0.271 e. The Kier molecular flexibility index (Phi) is 4.70. The molecule has 0 bridgehead atoms. The number of rotatable bonds is 5. The van der Waals surface area contributed by atoms with Crippen molar-refractivity contribution in [3.8, 4) is 0 Å². The van der Waals surface area contributed by atoms with Gasteiger partial charge in [0.05, 0.1) is 0 Å². The summed E-state index contributed by atoms with van der Waals surface area (Å²) in [5.74, 6) is 5.77. The predicted molar refractivity (Wildman–Crippen MR) is 94.5 cm³/mol. The third-order valence-electron chi connectivity index (χ3n) is 3.69. The SMILES string of the molecule is NNC(Cc1ccccc1Br)Cc1csc2ccccc12. The maximum absolute atomic E-state index is 5.77. The lowest BCUT2D eigenvalue weighted by molar-refractivity contribution is 0.523. The Balaban J connectivity index is 1.80. The summed E-state index contributed by atoms with van der Waals surface area (Å²) >= 11 is 5.40. The maximum atomic E-state index is 5.77. The van der Waals surface area contributed by atoms with E-state index in [0.29, 0.717) is 0 Å². The third-order valence-corrected chi connectivity index (χ3v) is 5.47. The van der Waals surface area contributed by atoms with Gasteiger partial charge in [0, 0.05) is 15.2 Å². The van der Waals surface area contributed by atoms with E-state index in [2.05, 4.69) is 69.2 Å². The molecule has 2 aromatic carbocycles. The smallest absolute Gasteiger partial charge is 0.0345 e. The Hall–Kier alpha value is -1.20. The molecule has 21 heavy (non-hydrogen) atoms. The van der Waals surface area contributed by atoms with Crippen molar-refractivity contribution in [1.29, 1.82) is 0 Å².